The molecule has 1 saturated heterocycles. The first-order valence-corrected chi connectivity index (χ1v) is 11.9. The van der Waals surface area contributed by atoms with Crippen LogP contribution in [-0.2, 0) is 4.79 Å². The van der Waals surface area contributed by atoms with Crippen LogP contribution in [-0.4, -0.2) is 41.0 Å². The van der Waals surface area contributed by atoms with Crippen LogP contribution in [0.2, 0.25) is 0 Å². The molecule has 0 aliphatic carbocycles. The summed E-state index contributed by atoms with van der Waals surface area (Å²) in [4.78, 5) is 51.6. The molecule has 1 aliphatic heterocycles. The topological polar surface area (TPSA) is 95.6 Å². The molecule has 0 bridgehead atoms. The Morgan fingerprint density at radius 2 is 1.74 bits per heavy atom. The summed E-state index contributed by atoms with van der Waals surface area (Å²) in [5, 5.41) is 6.68. The lowest BCUT2D eigenvalue weighted by atomic mass is 10.1. The first kappa shape index (κ1) is 23.4. The molecule has 0 atom stereocenters. The lowest BCUT2D eigenvalue weighted by Crippen LogP contribution is -2.37. The zero-order chi connectivity index (χ0) is 24.1. The van der Waals surface area contributed by atoms with Gasteiger partial charge < -0.3 is 10.6 Å². The molecule has 0 radical (unpaired) electrons. The Hall–Kier alpha value is -3.76. The Morgan fingerprint density at radius 1 is 0.971 bits per heavy atom. The quantitative estimate of drug-likeness (QED) is 0.467. The van der Waals surface area contributed by atoms with Crippen LogP contribution in [0.3, 0.4) is 0 Å². The monoisotopic (exact) mass is 495 g/mol. The highest BCUT2D eigenvalue weighted by molar-refractivity contribution is 8.18. The SMILES string of the molecule is O=C(Nc1ccccc1C(=O)NCCN1C(=O)S/C(=C\c2ccccc2F)C1=O)c1cccs1. The van der Waals surface area contributed by atoms with Crippen molar-refractivity contribution >= 4 is 57.8 Å². The number of para-hydroxylation sites is 1. The van der Waals surface area contributed by atoms with Crippen molar-refractivity contribution in [1.82, 2.24) is 10.2 Å². The van der Waals surface area contributed by atoms with Crippen molar-refractivity contribution in [3.63, 3.8) is 0 Å². The molecule has 2 aromatic carbocycles. The summed E-state index contributed by atoms with van der Waals surface area (Å²) in [6, 6.07) is 15.9. The molecule has 1 aromatic heterocycles. The van der Waals surface area contributed by atoms with E-state index in [9.17, 15) is 23.6 Å². The Labute approximate surface area is 202 Å². The standard InChI is InChI=1S/C24H18FN3O4S2/c25-17-8-3-1-6-15(17)14-20-23(31)28(24(32)34-20)12-11-26-21(29)16-7-2-4-9-18(16)27-22(30)19-10-5-13-33-19/h1-10,13-14H,11-12H2,(H,26,29)(H,27,30)/b20-14-. The van der Waals surface area contributed by atoms with Crippen LogP contribution >= 0.6 is 23.1 Å². The number of benzene rings is 2. The number of hydrogen-bond donors (Lipinski definition) is 2. The van der Waals surface area contributed by atoms with E-state index in [1.807, 2.05) is 0 Å². The van der Waals surface area contributed by atoms with Crippen LogP contribution in [0.25, 0.3) is 6.08 Å². The molecule has 0 spiro atoms. The largest absolute Gasteiger partial charge is 0.350 e. The minimum Gasteiger partial charge on any atom is -0.350 e. The van der Waals surface area contributed by atoms with E-state index >= 15 is 0 Å². The maximum atomic E-state index is 13.9. The van der Waals surface area contributed by atoms with E-state index in [4.69, 9.17) is 0 Å². The van der Waals surface area contributed by atoms with Crippen LogP contribution in [0.5, 0.6) is 0 Å². The maximum Gasteiger partial charge on any atom is 0.293 e. The minimum absolute atomic E-state index is 0.0110. The summed E-state index contributed by atoms with van der Waals surface area (Å²) >= 11 is 2.01. The number of rotatable bonds is 7. The van der Waals surface area contributed by atoms with Gasteiger partial charge in [0.15, 0.2) is 0 Å². The average Bonchev–Trinajstić information content (AvgIpc) is 3.45. The summed E-state index contributed by atoms with van der Waals surface area (Å²) in [7, 11) is 0. The second-order valence-corrected chi connectivity index (χ2v) is 9.03. The molecule has 7 nitrogen and oxygen atoms in total. The molecule has 1 fully saturated rings. The van der Waals surface area contributed by atoms with E-state index in [1.54, 1.807) is 47.8 Å². The van der Waals surface area contributed by atoms with Crippen LogP contribution in [0.15, 0.2) is 70.9 Å². The van der Waals surface area contributed by atoms with E-state index in [1.165, 1.54) is 35.6 Å². The molecule has 34 heavy (non-hydrogen) atoms. The summed E-state index contributed by atoms with van der Waals surface area (Å²) in [6.07, 6.45) is 1.34. The highest BCUT2D eigenvalue weighted by atomic mass is 32.2. The molecular weight excluding hydrogens is 477 g/mol. The zero-order valence-electron chi connectivity index (χ0n) is 17.6. The van der Waals surface area contributed by atoms with Gasteiger partial charge in [0.2, 0.25) is 0 Å². The van der Waals surface area contributed by atoms with E-state index < -0.39 is 22.9 Å². The van der Waals surface area contributed by atoms with E-state index in [2.05, 4.69) is 10.6 Å². The number of nitrogens with zero attached hydrogens (tertiary/aromatic N) is 1. The highest BCUT2D eigenvalue weighted by Gasteiger charge is 2.34. The third-order valence-electron chi connectivity index (χ3n) is 4.85. The number of imide groups is 1. The Balaban J connectivity index is 1.37. The predicted octanol–water partition coefficient (Wildman–Crippen LogP) is 4.61. The van der Waals surface area contributed by atoms with Crippen LogP contribution in [0.4, 0.5) is 14.9 Å². The molecule has 10 heteroatoms. The van der Waals surface area contributed by atoms with Gasteiger partial charge in [0, 0.05) is 18.7 Å². The van der Waals surface area contributed by atoms with Gasteiger partial charge in [-0.25, -0.2) is 4.39 Å². The van der Waals surface area contributed by atoms with E-state index in [0.717, 1.165) is 16.7 Å². The number of nitrogens with one attached hydrogen (secondary N) is 2. The van der Waals surface area contributed by atoms with Crippen molar-refractivity contribution in [3.05, 3.63) is 92.8 Å². The van der Waals surface area contributed by atoms with Crippen molar-refractivity contribution < 1.29 is 23.6 Å². The summed E-state index contributed by atoms with van der Waals surface area (Å²) in [5.41, 5.74) is 0.806. The van der Waals surface area contributed by atoms with Gasteiger partial charge in [-0.15, -0.1) is 11.3 Å². The van der Waals surface area contributed by atoms with E-state index in [0.29, 0.717) is 10.6 Å². The number of thioether (sulfide) groups is 1. The second-order valence-electron chi connectivity index (χ2n) is 7.09. The normalized spacial score (nSPS) is 14.5. The van der Waals surface area contributed by atoms with Crippen molar-refractivity contribution in [3.8, 4) is 0 Å². The first-order valence-electron chi connectivity index (χ1n) is 10.2. The molecule has 172 valence electrons. The lowest BCUT2D eigenvalue weighted by molar-refractivity contribution is -0.122. The molecule has 0 saturated carbocycles. The number of anilines is 1. The zero-order valence-corrected chi connectivity index (χ0v) is 19.3. The molecule has 4 amide bonds. The summed E-state index contributed by atoms with van der Waals surface area (Å²) in [5.74, 6) is -1.83. The second kappa shape index (κ2) is 10.4. The number of carbonyl (C=O) groups is 4. The van der Waals surface area contributed by atoms with Gasteiger partial charge in [-0.2, -0.15) is 0 Å². The van der Waals surface area contributed by atoms with Crippen LogP contribution < -0.4 is 10.6 Å². The molecule has 2 N–H and O–H groups in total. The van der Waals surface area contributed by atoms with Crippen molar-refractivity contribution in [2.45, 2.75) is 0 Å². The van der Waals surface area contributed by atoms with E-state index in [-0.39, 0.29) is 35.0 Å². The Bertz CT molecular complexity index is 1290. The molecule has 4 rings (SSSR count). The van der Waals surface area contributed by atoms with Gasteiger partial charge in [0.05, 0.1) is 21.0 Å². The van der Waals surface area contributed by atoms with Gasteiger partial charge in [-0.05, 0) is 47.5 Å². The molecule has 3 aromatic rings. The number of amides is 4. The smallest absolute Gasteiger partial charge is 0.293 e. The van der Waals surface area contributed by atoms with Crippen molar-refractivity contribution in [2.75, 3.05) is 18.4 Å². The molecular formula is C24H18FN3O4S2. The van der Waals surface area contributed by atoms with Gasteiger partial charge in [-0.1, -0.05) is 36.4 Å². The van der Waals surface area contributed by atoms with Gasteiger partial charge in [0.25, 0.3) is 23.0 Å². The fourth-order valence-corrected chi connectivity index (χ4v) is 4.66. The fourth-order valence-electron chi connectivity index (χ4n) is 3.18. The number of hydrogen-bond acceptors (Lipinski definition) is 6. The molecule has 0 unspecified atom stereocenters. The van der Waals surface area contributed by atoms with Gasteiger partial charge in [0.1, 0.15) is 5.82 Å². The summed E-state index contributed by atoms with van der Waals surface area (Å²) in [6.45, 7) is -0.0359. The minimum atomic E-state index is -0.545. The predicted molar refractivity (Wildman–Crippen MR) is 130 cm³/mol. The Morgan fingerprint density at radius 3 is 2.50 bits per heavy atom. The average molecular weight is 496 g/mol. The third kappa shape index (κ3) is 5.24. The fraction of sp³-hybridized carbons (Fsp3) is 0.0833. The van der Waals surface area contributed by atoms with Gasteiger partial charge in [-0.3, -0.25) is 24.1 Å². The molecule has 1 aliphatic rings. The number of carbonyl (C=O) groups excluding carboxylic acids is 4. The third-order valence-corrected chi connectivity index (χ3v) is 6.63. The highest BCUT2D eigenvalue weighted by Crippen LogP contribution is 2.32. The van der Waals surface area contributed by atoms with Gasteiger partial charge >= 0.3 is 0 Å². The van der Waals surface area contributed by atoms with Crippen molar-refractivity contribution in [2.24, 2.45) is 0 Å². The first-order chi connectivity index (χ1) is 16.4. The van der Waals surface area contributed by atoms with Crippen LogP contribution in [0, 0.1) is 5.82 Å². The Kier molecular flexibility index (Phi) is 7.19. The van der Waals surface area contributed by atoms with Crippen LogP contribution in [0.1, 0.15) is 25.6 Å². The maximum absolute atomic E-state index is 13.9. The summed E-state index contributed by atoms with van der Waals surface area (Å²) < 4.78 is 13.9. The van der Waals surface area contributed by atoms with Crippen molar-refractivity contribution in [1.29, 1.82) is 0 Å². The number of halogens is 1. The molecule has 2 heterocycles. The number of thiophene rings is 1. The lowest BCUT2D eigenvalue weighted by Gasteiger charge is -2.14.